The zero-order valence-electron chi connectivity index (χ0n) is 13.1. The largest absolute Gasteiger partial charge is 0.507 e. The first-order valence-corrected chi connectivity index (χ1v) is 9.18. The molecule has 1 saturated heterocycles. The Balaban J connectivity index is 1.88. The first kappa shape index (κ1) is 17.0. The van der Waals surface area contributed by atoms with Gasteiger partial charge in [-0.3, -0.25) is 4.79 Å². The van der Waals surface area contributed by atoms with Crippen LogP contribution in [-0.2, 0) is 4.79 Å². The quantitative estimate of drug-likeness (QED) is 0.523. The van der Waals surface area contributed by atoms with Gasteiger partial charge in [-0.2, -0.15) is 0 Å². The average Bonchev–Trinajstić information content (AvgIpc) is 2.87. The van der Waals surface area contributed by atoms with Crippen LogP contribution in [0, 0.1) is 17.4 Å². The molecule has 1 aliphatic rings. The third-order valence-corrected chi connectivity index (χ3v) is 5.49. The van der Waals surface area contributed by atoms with Gasteiger partial charge in [-0.15, -0.1) is 0 Å². The molecule has 0 saturated carbocycles. The lowest BCUT2D eigenvalue weighted by Gasteiger charge is -2.04. The number of carbonyl (C=O) groups is 1. The van der Waals surface area contributed by atoms with Crippen molar-refractivity contribution in [3.63, 3.8) is 0 Å². The van der Waals surface area contributed by atoms with E-state index in [1.807, 2.05) is 38.1 Å². The minimum absolute atomic E-state index is 0.160. The van der Waals surface area contributed by atoms with Crippen molar-refractivity contribution in [1.82, 2.24) is 5.32 Å². The number of thioether (sulfide) groups is 1. The monoisotopic (exact) mass is 450 g/mol. The van der Waals surface area contributed by atoms with Gasteiger partial charge in [-0.25, -0.2) is 4.99 Å². The molecule has 1 heterocycles. The Labute approximate surface area is 158 Å². The topological polar surface area (TPSA) is 61.7 Å². The molecule has 0 bridgehead atoms. The summed E-state index contributed by atoms with van der Waals surface area (Å²) in [5.74, 6) is 0.0746. The van der Waals surface area contributed by atoms with Crippen LogP contribution < -0.4 is 5.32 Å². The molecule has 1 aliphatic heterocycles. The Hall–Kier alpha value is -1.80. The number of phenolic OH excluding ortho intramolecular Hbond substituents is 1. The zero-order chi connectivity index (χ0) is 17.3. The van der Waals surface area contributed by atoms with Crippen LogP contribution in [0.1, 0.15) is 16.7 Å². The van der Waals surface area contributed by atoms with Crippen molar-refractivity contribution in [3.05, 3.63) is 61.6 Å². The molecule has 2 aromatic carbocycles. The minimum atomic E-state index is -0.160. The SMILES string of the molecule is Cc1cccc(N=C2NC(=O)/C(=C/c3ccc(O)c(I)c3)S2)c1C. The fraction of sp³-hybridized carbons (Fsp3) is 0.111. The number of hydrogen-bond donors (Lipinski definition) is 2. The van der Waals surface area contributed by atoms with E-state index in [0.717, 1.165) is 20.4 Å². The maximum atomic E-state index is 12.2. The standard InChI is InChI=1S/C18H15IN2O2S/c1-10-4-3-5-14(11(10)2)20-18-21-17(23)16(24-18)9-12-6-7-15(22)13(19)8-12/h3-9,22H,1-2H3,(H,20,21,23)/b16-9-. The highest BCUT2D eigenvalue weighted by molar-refractivity contribution is 14.1. The molecule has 0 aromatic heterocycles. The number of nitrogens with one attached hydrogen (secondary N) is 1. The average molecular weight is 450 g/mol. The van der Waals surface area contributed by atoms with Crippen molar-refractivity contribution in [2.75, 3.05) is 0 Å². The number of amidine groups is 1. The summed E-state index contributed by atoms with van der Waals surface area (Å²) in [6.07, 6.45) is 1.80. The minimum Gasteiger partial charge on any atom is -0.507 e. The summed E-state index contributed by atoms with van der Waals surface area (Å²) < 4.78 is 0.745. The molecule has 1 fully saturated rings. The molecule has 0 radical (unpaired) electrons. The first-order chi connectivity index (χ1) is 11.4. The van der Waals surface area contributed by atoms with Crippen LogP contribution in [0.2, 0.25) is 0 Å². The number of phenols is 1. The van der Waals surface area contributed by atoms with Crippen LogP contribution in [-0.4, -0.2) is 16.2 Å². The van der Waals surface area contributed by atoms with Gasteiger partial charge in [-0.05, 0) is 89.2 Å². The van der Waals surface area contributed by atoms with Crippen molar-refractivity contribution in [2.24, 2.45) is 4.99 Å². The summed E-state index contributed by atoms with van der Waals surface area (Å²) in [5, 5.41) is 13.0. The Bertz CT molecular complexity index is 891. The van der Waals surface area contributed by atoms with Gasteiger partial charge in [0.1, 0.15) is 5.75 Å². The lowest BCUT2D eigenvalue weighted by Crippen LogP contribution is -2.19. The second kappa shape index (κ2) is 6.98. The molecule has 3 rings (SSSR count). The van der Waals surface area contributed by atoms with Gasteiger partial charge in [0, 0.05) is 0 Å². The van der Waals surface area contributed by atoms with Gasteiger partial charge < -0.3 is 10.4 Å². The summed E-state index contributed by atoms with van der Waals surface area (Å²) in [6, 6.07) is 11.2. The molecular weight excluding hydrogens is 435 g/mol. The van der Waals surface area contributed by atoms with Gasteiger partial charge in [-0.1, -0.05) is 18.2 Å². The Kier molecular flexibility index (Phi) is 4.96. The van der Waals surface area contributed by atoms with Gasteiger partial charge in [0.25, 0.3) is 5.91 Å². The lowest BCUT2D eigenvalue weighted by molar-refractivity contribution is -0.115. The fourth-order valence-electron chi connectivity index (χ4n) is 2.21. The molecule has 122 valence electrons. The molecule has 1 amide bonds. The number of benzene rings is 2. The van der Waals surface area contributed by atoms with Crippen LogP contribution in [0.25, 0.3) is 6.08 Å². The number of nitrogens with zero attached hydrogens (tertiary/aromatic N) is 1. The molecule has 0 aliphatic carbocycles. The van der Waals surface area contributed by atoms with Gasteiger partial charge in [0.2, 0.25) is 0 Å². The number of carbonyl (C=O) groups excluding carboxylic acids is 1. The number of aromatic hydroxyl groups is 1. The lowest BCUT2D eigenvalue weighted by atomic mass is 10.1. The summed E-state index contributed by atoms with van der Waals surface area (Å²) in [6.45, 7) is 4.06. The van der Waals surface area contributed by atoms with E-state index in [1.54, 1.807) is 18.2 Å². The second-order valence-corrected chi connectivity index (χ2v) is 7.60. The zero-order valence-corrected chi connectivity index (χ0v) is 16.1. The third kappa shape index (κ3) is 3.64. The van der Waals surface area contributed by atoms with E-state index in [0.29, 0.717) is 10.1 Å². The Morgan fingerprint density at radius 2 is 2.04 bits per heavy atom. The highest BCUT2D eigenvalue weighted by Crippen LogP contribution is 2.30. The van der Waals surface area contributed by atoms with E-state index in [2.05, 4.69) is 32.9 Å². The Morgan fingerprint density at radius 1 is 1.25 bits per heavy atom. The van der Waals surface area contributed by atoms with E-state index in [9.17, 15) is 9.90 Å². The molecule has 2 aromatic rings. The fourth-order valence-corrected chi connectivity index (χ4v) is 3.59. The highest BCUT2D eigenvalue weighted by Gasteiger charge is 2.24. The number of aryl methyl sites for hydroxylation is 1. The van der Waals surface area contributed by atoms with Crippen LogP contribution in [0.15, 0.2) is 46.3 Å². The normalized spacial score (nSPS) is 17.5. The molecule has 0 spiro atoms. The van der Waals surface area contributed by atoms with Gasteiger partial charge in [0.15, 0.2) is 5.17 Å². The smallest absolute Gasteiger partial charge is 0.264 e. The molecule has 4 nitrogen and oxygen atoms in total. The van der Waals surface area contributed by atoms with Gasteiger partial charge in [0.05, 0.1) is 14.2 Å². The third-order valence-electron chi connectivity index (χ3n) is 3.72. The highest BCUT2D eigenvalue weighted by atomic mass is 127. The molecular formula is C18H15IN2O2S. The number of rotatable bonds is 2. The molecule has 2 N–H and O–H groups in total. The summed E-state index contributed by atoms with van der Waals surface area (Å²) in [7, 11) is 0. The van der Waals surface area contributed by atoms with E-state index in [4.69, 9.17) is 0 Å². The number of hydrogen-bond acceptors (Lipinski definition) is 4. The Morgan fingerprint density at radius 3 is 2.79 bits per heavy atom. The van der Waals surface area contributed by atoms with Crippen molar-refractivity contribution < 1.29 is 9.90 Å². The molecule has 24 heavy (non-hydrogen) atoms. The molecule has 0 unspecified atom stereocenters. The maximum absolute atomic E-state index is 12.2. The van der Waals surface area contributed by atoms with E-state index in [1.165, 1.54) is 17.3 Å². The first-order valence-electron chi connectivity index (χ1n) is 7.28. The van der Waals surface area contributed by atoms with Crippen LogP contribution in [0.3, 0.4) is 0 Å². The van der Waals surface area contributed by atoms with E-state index < -0.39 is 0 Å². The molecule has 0 atom stereocenters. The van der Waals surface area contributed by atoms with Crippen LogP contribution in [0.5, 0.6) is 5.75 Å². The van der Waals surface area contributed by atoms with Crippen molar-refractivity contribution in [1.29, 1.82) is 0 Å². The summed E-state index contributed by atoms with van der Waals surface area (Å²) in [5.41, 5.74) is 3.99. The predicted octanol–water partition coefficient (Wildman–Crippen LogP) is 4.51. The van der Waals surface area contributed by atoms with Crippen molar-refractivity contribution in [2.45, 2.75) is 13.8 Å². The number of amides is 1. The maximum Gasteiger partial charge on any atom is 0.264 e. The second-order valence-electron chi connectivity index (χ2n) is 5.41. The van der Waals surface area contributed by atoms with Gasteiger partial charge >= 0.3 is 0 Å². The van der Waals surface area contributed by atoms with Crippen molar-refractivity contribution >= 4 is 57.2 Å². The predicted molar refractivity (Wildman–Crippen MR) is 108 cm³/mol. The van der Waals surface area contributed by atoms with E-state index in [-0.39, 0.29) is 11.7 Å². The number of halogens is 1. The van der Waals surface area contributed by atoms with Crippen LogP contribution >= 0.6 is 34.4 Å². The number of aliphatic imine (C=N–C) groups is 1. The van der Waals surface area contributed by atoms with Crippen LogP contribution in [0.4, 0.5) is 5.69 Å². The van der Waals surface area contributed by atoms with Crippen molar-refractivity contribution in [3.8, 4) is 5.75 Å². The molecule has 6 heteroatoms. The summed E-state index contributed by atoms with van der Waals surface area (Å²) in [4.78, 5) is 17.3. The summed E-state index contributed by atoms with van der Waals surface area (Å²) >= 11 is 3.38. The van der Waals surface area contributed by atoms with E-state index >= 15 is 0 Å².